The number of hydrogen-bond donors (Lipinski definition) is 0. The van der Waals surface area contributed by atoms with Crippen LogP contribution >= 0.6 is 15.9 Å². The molecule has 0 spiro atoms. The standard InChI is InChI=1S/C14H22BrN/c1-10-6-11(2)14(12(3)7-10)9-16(5)13(4)8-15/h6-7,13H,8-9H2,1-5H3. The van der Waals surface area contributed by atoms with Gasteiger partial charge in [-0.15, -0.1) is 0 Å². The molecule has 0 saturated heterocycles. The van der Waals surface area contributed by atoms with Gasteiger partial charge in [0.05, 0.1) is 0 Å². The lowest BCUT2D eigenvalue weighted by Crippen LogP contribution is -2.30. The van der Waals surface area contributed by atoms with Gasteiger partial charge in [-0.25, -0.2) is 0 Å². The lowest BCUT2D eigenvalue weighted by atomic mass is 9.99. The van der Waals surface area contributed by atoms with Crippen LogP contribution in [-0.2, 0) is 6.54 Å². The minimum atomic E-state index is 0.570. The van der Waals surface area contributed by atoms with E-state index < -0.39 is 0 Å². The molecular formula is C14H22BrN. The molecule has 0 aliphatic heterocycles. The van der Waals surface area contributed by atoms with Crippen molar-refractivity contribution in [1.29, 1.82) is 0 Å². The molecule has 0 amide bonds. The van der Waals surface area contributed by atoms with Crippen molar-refractivity contribution in [3.63, 3.8) is 0 Å². The number of alkyl halides is 1. The molecular weight excluding hydrogens is 262 g/mol. The molecule has 1 rings (SSSR count). The Morgan fingerprint density at radius 1 is 1.19 bits per heavy atom. The second-order valence-corrected chi connectivity index (χ2v) is 5.44. The zero-order valence-corrected chi connectivity index (χ0v) is 12.6. The third kappa shape index (κ3) is 3.33. The van der Waals surface area contributed by atoms with Crippen LogP contribution in [-0.4, -0.2) is 23.3 Å². The van der Waals surface area contributed by atoms with E-state index in [-0.39, 0.29) is 0 Å². The summed E-state index contributed by atoms with van der Waals surface area (Å²) >= 11 is 3.54. The van der Waals surface area contributed by atoms with E-state index in [1.807, 2.05) is 0 Å². The van der Waals surface area contributed by atoms with Gasteiger partial charge in [0.15, 0.2) is 0 Å². The van der Waals surface area contributed by atoms with Gasteiger partial charge in [0.25, 0.3) is 0 Å². The number of hydrogen-bond acceptors (Lipinski definition) is 1. The molecule has 0 fully saturated rings. The molecule has 0 heterocycles. The molecule has 0 saturated carbocycles. The van der Waals surface area contributed by atoms with E-state index in [0.29, 0.717) is 6.04 Å². The van der Waals surface area contributed by atoms with Gasteiger partial charge in [0.2, 0.25) is 0 Å². The van der Waals surface area contributed by atoms with Crippen molar-refractivity contribution in [2.75, 3.05) is 12.4 Å². The largest absolute Gasteiger partial charge is 0.299 e. The molecule has 1 nitrogen and oxygen atoms in total. The Hall–Kier alpha value is -0.340. The highest BCUT2D eigenvalue weighted by molar-refractivity contribution is 9.09. The monoisotopic (exact) mass is 283 g/mol. The maximum atomic E-state index is 3.54. The molecule has 90 valence electrons. The van der Waals surface area contributed by atoms with E-state index in [1.165, 1.54) is 22.3 Å². The van der Waals surface area contributed by atoms with Gasteiger partial charge in [0.1, 0.15) is 0 Å². The van der Waals surface area contributed by atoms with E-state index in [9.17, 15) is 0 Å². The molecule has 0 bridgehead atoms. The van der Waals surface area contributed by atoms with Crippen LogP contribution in [0.25, 0.3) is 0 Å². The van der Waals surface area contributed by atoms with Crippen molar-refractivity contribution < 1.29 is 0 Å². The predicted molar refractivity (Wildman–Crippen MR) is 75.4 cm³/mol. The van der Waals surface area contributed by atoms with Crippen molar-refractivity contribution in [2.45, 2.75) is 40.3 Å². The van der Waals surface area contributed by atoms with E-state index in [4.69, 9.17) is 0 Å². The average Bonchev–Trinajstić information content (AvgIpc) is 2.21. The maximum absolute atomic E-state index is 3.54. The number of benzene rings is 1. The molecule has 1 aromatic rings. The summed E-state index contributed by atoms with van der Waals surface area (Å²) < 4.78 is 0. The van der Waals surface area contributed by atoms with Crippen LogP contribution < -0.4 is 0 Å². The predicted octanol–water partition coefficient (Wildman–Crippen LogP) is 3.83. The first kappa shape index (κ1) is 13.7. The lowest BCUT2D eigenvalue weighted by molar-refractivity contribution is 0.269. The lowest BCUT2D eigenvalue weighted by Gasteiger charge is -2.25. The Balaban J connectivity index is 2.89. The second-order valence-electron chi connectivity index (χ2n) is 4.80. The van der Waals surface area contributed by atoms with Crippen molar-refractivity contribution in [3.8, 4) is 0 Å². The Labute approximate surface area is 108 Å². The zero-order valence-electron chi connectivity index (χ0n) is 11.0. The van der Waals surface area contributed by atoms with Crippen molar-refractivity contribution in [1.82, 2.24) is 4.90 Å². The van der Waals surface area contributed by atoms with Crippen LogP contribution in [0, 0.1) is 20.8 Å². The fourth-order valence-corrected chi connectivity index (χ4v) is 2.48. The fraction of sp³-hybridized carbons (Fsp3) is 0.571. The smallest absolute Gasteiger partial charge is 0.0239 e. The van der Waals surface area contributed by atoms with Crippen molar-refractivity contribution >= 4 is 15.9 Å². The molecule has 0 aliphatic rings. The molecule has 2 heteroatoms. The second kappa shape index (κ2) is 5.83. The fourth-order valence-electron chi connectivity index (χ4n) is 1.98. The van der Waals surface area contributed by atoms with Gasteiger partial charge in [0, 0.05) is 17.9 Å². The number of nitrogens with zero attached hydrogens (tertiary/aromatic N) is 1. The Kier molecular flexibility index (Phi) is 5.00. The van der Waals surface area contributed by atoms with Crippen LogP contribution in [0.2, 0.25) is 0 Å². The molecule has 1 aromatic carbocycles. The van der Waals surface area contributed by atoms with Gasteiger partial charge >= 0.3 is 0 Å². The minimum absolute atomic E-state index is 0.570. The quantitative estimate of drug-likeness (QED) is 0.760. The third-order valence-electron chi connectivity index (χ3n) is 3.22. The number of aryl methyl sites for hydroxylation is 3. The summed E-state index contributed by atoms with van der Waals surface area (Å²) in [5.74, 6) is 0. The third-order valence-corrected chi connectivity index (χ3v) is 4.16. The summed E-state index contributed by atoms with van der Waals surface area (Å²) in [5, 5.41) is 1.02. The van der Waals surface area contributed by atoms with Crippen LogP contribution in [0.15, 0.2) is 12.1 Å². The molecule has 0 N–H and O–H groups in total. The van der Waals surface area contributed by atoms with E-state index in [2.05, 4.69) is 67.7 Å². The topological polar surface area (TPSA) is 3.24 Å². The molecule has 0 radical (unpaired) electrons. The highest BCUT2D eigenvalue weighted by atomic mass is 79.9. The van der Waals surface area contributed by atoms with Crippen molar-refractivity contribution in [3.05, 3.63) is 34.4 Å². The van der Waals surface area contributed by atoms with Gasteiger partial charge in [-0.05, 0) is 51.4 Å². The van der Waals surface area contributed by atoms with Crippen molar-refractivity contribution in [2.24, 2.45) is 0 Å². The Morgan fingerprint density at radius 2 is 1.69 bits per heavy atom. The van der Waals surface area contributed by atoms with Crippen LogP contribution in [0.1, 0.15) is 29.2 Å². The first-order valence-corrected chi connectivity index (χ1v) is 6.90. The van der Waals surface area contributed by atoms with Gasteiger partial charge in [-0.1, -0.05) is 33.6 Å². The van der Waals surface area contributed by atoms with Gasteiger partial charge < -0.3 is 0 Å². The van der Waals surface area contributed by atoms with Gasteiger partial charge in [-0.2, -0.15) is 0 Å². The molecule has 1 atom stereocenters. The van der Waals surface area contributed by atoms with Crippen LogP contribution in [0.5, 0.6) is 0 Å². The van der Waals surface area contributed by atoms with E-state index in [1.54, 1.807) is 0 Å². The summed E-state index contributed by atoms with van der Waals surface area (Å²) in [6.45, 7) is 9.86. The minimum Gasteiger partial charge on any atom is -0.299 e. The first-order valence-electron chi connectivity index (χ1n) is 5.78. The SMILES string of the molecule is Cc1cc(C)c(CN(C)C(C)CBr)c(C)c1. The summed E-state index contributed by atoms with van der Waals surface area (Å²) in [6.07, 6.45) is 0. The highest BCUT2D eigenvalue weighted by Crippen LogP contribution is 2.19. The van der Waals surface area contributed by atoms with Crippen LogP contribution in [0.4, 0.5) is 0 Å². The molecule has 0 aromatic heterocycles. The Morgan fingerprint density at radius 3 is 2.12 bits per heavy atom. The summed E-state index contributed by atoms with van der Waals surface area (Å²) in [4.78, 5) is 2.39. The molecule has 1 unspecified atom stereocenters. The number of rotatable bonds is 4. The normalized spacial score (nSPS) is 13.2. The first-order chi connectivity index (χ1) is 7.45. The Bertz CT molecular complexity index is 337. The molecule has 16 heavy (non-hydrogen) atoms. The maximum Gasteiger partial charge on any atom is 0.0239 e. The van der Waals surface area contributed by atoms with E-state index in [0.717, 1.165) is 11.9 Å². The van der Waals surface area contributed by atoms with E-state index >= 15 is 0 Å². The average molecular weight is 284 g/mol. The van der Waals surface area contributed by atoms with Crippen LogP contribution in [0.3, 0.4) is 0 Å². The zero-order chi connectivity index (χ0) is 12.3. The highest BCUT2D eigenvalue weighted by Gasteiger charge is 2.11. The number of halogens is 1. The molecule has 0 aliphatic carbocycles. The van der Waals surface area contributed by atoms with Gasteiger partial charge in [-0.3, -0.25) is 4.90 Å². The summed E-state index contributed by atoms with van der Waals surface area (Å²) in [7, 11) is 2.19. The summed E-state index contributed by atoms with van der Waals surface area (Å²) in [6, 6.07) is 5.12. The summed E-state index contributed by atoms with van der Waals surface area (Å²) in [5.41, 5.74) is 5.65.